The maximum Gasteiger partial charge on any atom is 0.410 e. The number of likely N-dealkylation sites (tertiary alicyclic amines) is 1. The average molecular weight is 521 g/mol. The number of hydrogen-bond acceptors (Lipinski definition) is 7. The summed E-state index contributed by atoms with van der Waals surface area (Å²) in [7, 11) is 0. The van der Waals surface area contributed by atoms with Crippen molar-refractivity contribution < 1.29 is 18.7 Å². The Morgan fingerprint density at radius 1 is 1.05 bits per heavy atom. The van der Waals surface area contributed by atoms with Gasteiger partial charge in [-0.25, -0.2) is 23.9 Å². The van der Waals surface area contributed by atoms with Crippen LogP contribution in [0.1, 0.15) is 33.2 Å². The highest BCUT2D eigenvalue weighted by atomic mass is 19.1. The number of aromatic nitrogens is 4. The van der Waals surface area contributed by atoms with E-state index in [4.69, 9.17) is 15.2 Å². The molecule has 1 aliphatic heterocycles. The summed E-state index contributed by atoms with van der Waals surface area (Å²) < 4.78 is 29.5. The number of hydrogen-bond donors (Lipinski definition) is 1. The third kappa shape index (κ3) is 4.91. The highest BCUT2D eigenvalue weighted by Gasteiger charge is 2.37. The lowest BCUT2D eigenvalue weighted by Crippen LogP contribution is -2.48. The predicted octanol–water partition coefficient (Wildman–Crippen LogP) is 4.48. The van der Waals surface area contributed by atoms with E-state index in [0.29, 0.717) is 17.2 Å². The normalized spacial score (nSPS) is 17.9. The van der Waals surface area contributed by atoms with E-state index in [9.17, 15) is 9.59 Å². The zero-order valence-corrected chi connectivity index (χ0v) is 21.4. The first-order chi connectivity index (χ1) is 18.1. The minimum atomic E-state index is -1.52. The molecule has 2 aromatic heterocycles. The second-order valence-electron chi connectivity index (χ2n) is 10.1. The number of imidazole rings is 1. The Morgan fingerprint density at radius 3 is 2.39 bits per heavy atom. The fourth-order valence-corrected chi connectivity index (χ4v) is 4.57. The Hall–Kier alpha value is -4.41. The second kappa shape index (κ2) is 9.81. The first kappa shape index (κ1) is 25.2. The number of nitrogens with two attached hydrogens (primary N) is 1. The molecule has 1 aliphatic rings. The van der Waals surface area contributed by atoms with Crippen LogP contribution in [0.15, 0.2) is 65.7 Å². The number of halogens is 1. The lowest BCUT2D eigenvalue weighted by Gasteiger charge is -2.35. The zero-order valence-electron chi connectivity index (χ0n) is 21.4. The highest BCUT2D eigenvalue weighted by Crippen LogP contribution is 2.31. The molecule has 0 spiro atoms. The van der Waals surface area contributed by atoms with Gasteiger partial charge in [0.1, 0.15) is 35.1 Å². The molecule has 198 valence electrons. The number of nitrogen functional groups attached to an aromatic ring is 1. The molecule has 2 N–H and O–H groups in total. The monoisotopic (exact) mass is 520 g/mol. The van der Waals surface area contributed by atoms with E-state index in [1.807, 2.05) is 30.3 Å². The number of alkyl halides is 1. The van der Waals surface area contributed by atoms with Crippen LogP contribution in [0.4, 0.5) is 15.0 Å². The molecular weight excluding hydrogens is 491 g/mol. The van der Waals surface area contributed by atoms with Crippen LogP contribution in [0.25, 0.3) is 16.9 Å². The van der Waals surface area contributed by atoms with Gasteiger partial charge in [-0.1, -0.05) is 18.2 Å². The van der Waals surface area contributed by atoms with E-state index in [-0.39, 0.29) is 36.5 Å². The maximum atomic E-state index is 15.5. The van der Waals surface area contributed by atoms with Gasteiger partial charge in [0.25, 0.3) is 0 Å². The standard InChI is InChI=1S/C27H29FN6O4/c1-27(2,3)38-26(36)32-14-13-21(20(28)15-32)34-24-22(23(29)30-16-31-24)33(25(34)35)17-9-11-19(12-10-17)37-18-7-5-4-6-8-18/h4-12,16,20-21H,13-15H2,1-3H3,(H2,29,30,31)/t20-,21-/m1/s1. The number of carbonyl (C=O) groups is 1. The van der Waals surface area contributed by atoms with Gasteiger partial charge in [-0.05, 0) is 63.6 Å². The first-order valence-electron chi connectivity index (χ1n) is 12.3. The molecule has 0 radical (unpaired) electrons. The van der Waals surface area contributed by atoms with Crippen molar-refractivity contribution in [2.24, 2.45) is 0 Å². The summed E-state index contributed by atoms with van der Waals surface area (Å²) in [5.74, 6) is 1.36. The number of anilines is 1. The Kier molecular flexibility index (Phi) is 6.52. The molecule has 1 fully saturated rings. The first-order valence-corrected chi connectivity index (χ1v) is 12.3. The summed E-state index contributed by atoms with van der Waals surface area (Å²) in [5.41, 5.74) is 6.01. The molecular formula is C27H29FN6O4. The van der Waals surface area contributed by atoms with E-state index in [0.717, 1.165) is 0 Å². The average Bonchev–Trinajstić information content (AvgIpc) is 3.17. The topological polar surface area (TPSA) is 118 Å². The fourth-order valence-electron chi connectivity index (χ4n) is 4.57. The van der Waals surface area contributed by atoms with Crippen molar-refractivity contribution in [2.45, 2.75) is 45.0 Å². The molecule has 3 heterocycles. The quantitative estimate of drug-likeness (QED) is 0.422. The van der Waals surface area contributed by atoms with E-state index in [2.05, 4.69) is 9.97 Å². The number of para-hydroxylation sites is 1. The number of benzene rings is 2. The van der Waals surface area contributed by atoms with Crippen LogP contribution in [0.3, 0.4) is 0 Å². The molecule has 0 aliphatic carbocycles. The number of piperidine rings is 1. The lowest BCUT2D eigenvalue weighted by molar-refractivity contribution is 0.00677. The van der Waals surface area contributed by atoms with Crippen molar-refractivity contribution in [3.63, 3.8) is 0 Å². The van der Waals surface area contributed by atoms with E-state index >= 15 is 4.39 Å². The van der Waals surface area contributed by atoms with Crippen LogP contribution < -0.4 is 16.2 Å². The SMILES string of the molecule is CC(C)(C)OC(=O)N1CC[C@@H](n2c(=O)n(-c3ccc(Oc4ccccc4)cc3)c3c(N)ncnc32)[C@H](F)C1. The second-order valence-corrected chi connectivity index (χ2v) is 10.1. The van der Waals surface area contributed by atoms with Crippen molar-refractivity contribution in [2.75, 3.05) is 18.8 Å². The van der Waals surface area contributed by atoms with Crippen LogP contribution in [0.5, 0.6) is 11.5 Å². The largest absolute Gasteiger partial charge is 0.457 e. The molecule has 38 heavy (non-hydrogen) atoms. The van der Waals surface area contributed by atoms with Gasteiger partial charge in [0.15, 0.2) is 11.5 Å². The van der Waals surface area contributed by atoms with Crippen molar-refractivity contribution in [1.29, 1.82) is 0 Å². The van der Waals surface area contributed by atoms with Gasteiger partial charge in [-0.2, -0.15) is 0 Å². The third-order valence-corrected chi connectivity index (χ3v) is 6.24. The van der Waals surface area contributed by atoms with E-state index in [1.165, 1.54) is 20.4 Å². The van der Waals surface area contributed by atoms with Crippen LogP contribution in [-0.2, 0) is 4.74 Å². The van der Waals surface area contributed by atoms with Crippen LogP contribution in [-0.4, -0.2) is 55.0 Å². The molecule has 1 saturated heterocycles. The maximum absolute atomic E-state index is 15.5. The molecule has 0 unspecified atom stereocenters. The Bertz CT molecular complexity index is 1510. The van der Waals surface area contributed by atoms with Gasteiger partial charge in [0.05, 0.1) is 18.3 Å². The molecule has 1 amide bonds. The molecule has 2 atom stereocenters. The third-order valence-electron chi connectivity index (χ3n) is 6.24. The smallest absolute Gasteiger partial charge is 0.410 e. The zero-order chi connectivity index (χ0) is 27.0. The number of fused-ring (bicyclic) bond motifs is 1. The van der Waals surface area contributed by atoms with Crippen LogP contribution >= 0.6 is 0 Å². The number of ether oxygens (including phenoxy) is 2. The number of rotatable bonds is 4. The lowest BCUT2D eigenvalue weighted by atomic mass is 10.0. The van der Waals surface area contributed by atoms with Gasteiger partial charge in [0, 0.05) is 6.54 Å². The molecule has 5 rings (SSSR count). The van der Waals surface area contributed by atoms with Gasteiger partial charge >= 0.3 is 11.8 Å². The fraction of sp³-hybridized carbons (Fsp3) is 0.333. The minimum absolute atomic E-state index is 0.0945. The van der Waals surface area contributed by atoms with Gasteiger partial charge in [-0.15, -0.1) is 0 Å². The summed E-state index contributed by atoms with van der Waals surface area (Å²) in [5, 5.41) is 0. The molecule has 2 aromatic carbocycles. The Balaban J connectivity index is 1.48. The predicted molar refractivity (Wildman–Crippen MR) is 140 cm³/mol. The summed E-state index contributed by atoms with van der Waals surface area (Å²) in [4.78, 5) is 35.9. The number of amides is 1. The summed E-state index contributed by atoms with van der Waals surface area (Å²) in [6.45, 7) is 5.28. The molecule has 4 aromatic rings. The molecule has 0 saturated carbocycles. The highest BCUT2D eigenvalue weighted by molar-refractivity contribution is 5.84. The molecule has 0 bridgehead atoms. The van der Waals surface area contributed by atoms with E-state index in [1.54, 1.807) is 45.0 Å². The minimum Gasteiger partial charge on any atom is -0.457 e. The number of carbonyl (C=O) groups excluding carboxylic acids is 1. The van der Waals surface area contributed by atoms with E-state index < -0.39 is 29.6 Å². The van der Waals surface area contributed by atoms with Gasteiger partial charge in [-0.3, -0.25) is 9.13 Å². The van der Waals surface area contributed by atoms with Crippen molar-refractivity contribution in [3.05, 3.63) is 71.4 Å². The summed E-state index contributed by atoms with van der Waals surface area (Å²) in [6.07, 6.45) is -0.658. The number of nitrogens with zero attached hydrogens (tertiary/aromatic N) is 5. The Morgan fingerprint density at radius 2 is 1.74 bits per heavy atom. The van der Waals surface area contributed by atoms with Crippen LogP contribution in [0, 0.1) is 0 Å². The van der Waals surface area contributed by atoms with Crippen molar-refractivity contribution in [1.82, 2.24) is 24.0 Å². The van der Waals surface area contributed by atoms with Gasteiger partial charge < -0.3 is 20.1 Å². The summed E-state index contributed by atoms with van der Waals surface area (Å²) >= 11 is 0. The Labute approximate surface area is 218 Å². The van der Waals surface area contributed by atoms with Crippen LogP contribution in [0.2, 0.25) is 0 Å². The van der Waals surface area contributed by atoms with Gasteiger partial charge in [0.2, 0.25) is 0 Å². The van der Waals surface area contributed by atoms with Crippen molar-refractivity contribution in [3.8, 4) is 17.2 Å². The van der Waals surface area contributed by atoms with Crippen molar-refractivity contribution >= 4 is 23.1 Å². The summed E-state index contributed by atoms with van der Waals surface area (Å²) in [6, 6.07) is 15.4. The molecule has 11 heteroatoms. The molecule has 10 nitrogen and oxygen atoms in total.